The molecule has 0 fully saturated rings. The molecule has 0 aliphatic rings. The highest BCUT2D eigenvalue weighted by Crippen LogP contribution is 2.46. The highest BCUT2D eigenvalue weighted by atomic mass is 32.2. The Labute approximate surface area is 260 Å². The largest absolute Gasteiger partial charge is 0.425 e. The van der Waals surface area contributed by atoms with Gasteiger partial charge in [0, 0.05) is 47.1 Å². The molecular weight excluding hydrogens is 555 g/mol. The molecule has 0 bridgehead atoms. The standard InChI is InChI=1S/C32H32N2O2.C4H10.CH3FS/c1-18(2)21-11-7-8-12-22(21)31-33-15-16-34(31)30-24(19(3)4)17-26-29(27(30)20(5)6)28-23-13-9-10-14-25(23)35-32(28)36-26;1-3-4-2;1-3-2/h7-20H,1-6H3;3-4H2,1-2H3;1H3. The predicted octanol–water partition coefficient (Wildman–Crippen LogP) is 12.6. The van der Waals surface area contributed by atoms with Crippen molar-refractivity contribution in [3.63, 3.8) is 0 Å². The molecule has 3 heterocycles. The van der Waals surface area contributed by atoms with E-state index in [0.717, 1.165) is 33.1 Å². The Kier molecular flexibility index (Phi) is 10.8. The SMILES string of the molecule is CC(C)c1ccccc1-c1nccn1-c1c(C(C)C)cc2oc3oc4ccccc4c3c2c1C(C)C.CCCC.CSF. The van der Waals surface area contributed by atoms with Crippen LogP contribution in [0.3, 0.4) is 0 Å². The van der Waals surface area contributed by atoms with Gasteiger partial charge in [-0.1, -0.05) is 111 Å². The molecule has 0 N–H and O–H groups in total. The molecule has 4 nitrogen and oxygen atoms in total. The molecule has 0 unspecified atom stereocenters. The second-order valence-corrected chi connectivity index (χ2v) is 12.1. The van der Waals surface area contributed by atoms with E-state index in [2.05, 4.69) is 109 Å². The molecule has 0 saturated carbocycles. The van der Waals surface area contributed by atoms with Crippen LogP contribution in [0.2, 0.25) is 0 Å². The first-order chi connectivity index (χ1) is 20.7. The Bertz CT molecular complexity index is 1790. The zero-order valence-corrected chi connectivity index (χ0v) is 27.8. The molecule has 43 heavy (non-hydrogen) atoms. The summed E-state index contributed by atoms with van der Waals surface area (Å²) >= 11 is 0.250. The third-order valence-electron chi connectivity index (χ3n) is 7.75. The number of halogens is 1. The van der Waals surface area contributed by atoms with Gasteiger partial charge in [-0.25, -0.2) is 4.98 Å². The van der Waals surface area contributed by atoms with Gasteiger partial charge < -0.3 is 8.83 Å². The van der Waals surface area contributed by atoms with Gasteiger partial charge >= 0.3 is 0 Å². The van der Waals surface area contributed by atoms with Crippen LogP contribution >= 0.6 is 12.1 Å². The second-order valence-electron chi connectivity index (χ2n) is 11.8. The quantitative estimate of drug-likeness (QED) is 0.191. The van der Waals surface area contributed by atoms with Crippen LogP contribution in [0.25, 0.3) is 50.2 Å². The minimum Gasteiger partial charge on any atom is -0.425 e. The molecular formula is C37H45FN2O2S. The van der Waals surface area contributed by atoms with Crippen LogP contribution in [-0.4, -0.2) is 15.8 Å². The summed E-state index contributed by atoms with van der Waals surface area (Å²) in [5, 5.41) is 3.29. The third-order valence-corrected chi connectivity index (χ3v) is 7.75. The topological polar surface area (TPSA) is 44.1 Å². The molecule has 6 heteroatoms. The molecule has 0 saturated heterocycles. The molecule has 0 radical (unpaired) electrons. The van der Waals surface area contributed by atoms with Crippen LogP contribution in [0.4, 0.5) is 3.89 Å². The van der Waals surface area contributed by atoms with Gasteiger partial charge in [0.15, 0.2) is 0 Å². The fourth-order valence-electron chi connectivity index (χ4n) is 5.62. The summed E-state index contributed by atoms with van der Waals surface area (Å²) in [6, 6.07) is 19.0. The summed E-state index contributed by atoms with van der Waals surface area (Å²) in [6.07, 6.45) is 8.04. The van der Waals surface area contributed by atoms with E-state index >= 15 is 0 Å². The summed E-state index contributed by atoms with van der Waals surface area (Å²) in [5.41, 5.74) is 7.92. The summed E-state index contributed by atoms with van der Waals surface area (Å²) in [5.74, 6) is 2.51. The van der Waals surface area contributed by atoms with Gasteiger partial charge in [-0.05, 0) is 46.6 Å². The average Bonchev–Trinajstić information content (AvgIpc) is 3.70. The van der Waals surface area contributed by atoms with Crippen molar-refractivity contribution >= 4 is 45.3 Å². The van der Waals surface area contributed by atoms with Crippen molar-refractivity contribution in [1.29, 1.82) is 0 Å². The van der Waals surface area contributed by atoms with Gasteiger partial charge in [0.05, 0.1) is 11.1 Å². The maximum Gasteiger partial charge on any atom is 0.299 e. The number of nitrogens with zero attached hydrogens (tertiary/aromatic N) is 2. The minimum absolute atomic E-state index is 0.250. The first kappa shape index (κ1) is 32.4. The van der Waals surface area contributed by atoms with E-state index in [1.807, 2.05) is 18.3 Å². The molecule has 6 rings (SSSR count). The molecule has 3 aromatic heterocycles. The van der Waals surface area contributed by atoms with Gasteiger partial charge in [-0.15, -0.1) is 0 Å². The lowest BCUT2D eigenvalue weighted by Crippen LogP contribution is -2.09. The van der Waals surface area contributed by atoms with Gasteiger partial charge in [0.1, 0.15) is 17.0 Å². The van der Waals surface area contributed by atoms with E-state index in [4.69, 9.17) is 13.8 Å². The lowest BCUT2D eigenvalue weighted by molar-refractivity contribution is 0.524. The van der Waals surface area contributed by atoms with Crippen LogP contribution in [0.5, 0.6) is 0 Å². The van der Waals surface area contributed by atoms with E-state index in [0.29, 0.717) is 17.6 Å². The molecule has 0 aliphatic heterocycles. The van der Waals surface area contributed by atoms with Gasteiger partial charge in [0.2, 0.25) is 0 Å². The molecule has 3 aromatic carbocycles. The molecule has 0 atom stereocenters. The van der Waals surface area contributed by atoms with E-state index in [-0.39, 0.29) is 18.1 Å². The number of hydrogen-bond donors (Lipinski definition) is 0. The molecule has 6 aromatic rings. The molecule has 0 spiro atoms. The third kappa shape index (κ3) is 6.40. The average molecular weight is 601 g/mol. The van der Waals surface area contributed by atoms with Gasteiger partial charge in [-0.3, -0.25) is 4.57 Å². The van der Waals surface area contributed by atoms with E-state index in [9.17, 15) is 3.89 Å². The number of para-hydroxylation sites is 1. The van der Waals surface area contributed by atoms with Crippen LogP contribution in [-0.2, 0) is 0 Å². The van der Waals surface area contributed by atoms with Crippen molar-refractivity contribution in [2.24, 2.45) is 0 Å². The Balaban J connectivity index is 0.000000551. The summed E-state index contributed by atoms with van der Waals surface area (Å²) < 4.78 is 25.0. The van der Waals surface area contributed by atoms with Crippen molar-refractivity contribution in [3.05, 3.63) is 83.7 Å². The zero-order valence-electron chi connectivity index (χ0n) is 27.0. The normalized spacial score (nSPS) is 11.5. The monoisotopic (exact) mass is 600 g/mol. The fraction of sp³-hybridized carbons (Fsp3) is 0.378. The smallest absolute Gasteiger partial charge is 0.299 e. The Morgan fingerprint density at radius 1 is 0.791 bits per heavy atom. The van der Waals surface area contributed by atoms with Crippen molar-refractivity contribution in [2.45, 2.75) is 86.0 Å². The Morgan fingerprint density at radius 3 is 2.02 bits per heavy atom. The van der Waals surface area contributed by atoms with Gasteiger partial charge in [0.25, 0.3) is 5.78 Å². The molecule has 0 aliphatic carbocycles. The van der Waals surface area contributed by atoms with Crippen LogP contribution in [0, 0.1) is 0 Å². The number of benzene rings is 3. The lowest BCUT2D eigenvalue weighted by Gasteiger charge is -2.23. The summed E-state index contributed by atoms with van der Waals surface area (Å²) in [4.78, 5) is 4.90. The van der Waals surface area contributed by atoms with Crippen LogP contribution in [0.15, 0.2) is 75.8 Å². The van der Waals surface area contributed by atoms with Crippen LogP contribution in [0.1, 0.15) is 103 Å². The maximum atomic E-state index is 10.2. The molecule has 0 amide bonds. The minimum atomic E-state index is 0.250. The first-order valence-corrected chi connectivity index (χ1v) is 16.5. The van der Waals surface area contributed by atoms with Crippen LogP contribution < -0.4 is 0 Å². The van der Waals surface area contributed by atoms with Crippen molar-refractivity contribution in [1.82, 2.24) is 9.55 Å². The number of fused-ring (bicyclic) bond motifs is 5. The number of rotatable bonds is 6. The van der Waals surface area contributed by atoms with E-state index in [1.54, 1.807) is 0 Å². The molecule has 228 valence electrons. The second kappa shape index (κ2) is 14.3. The lowest BCUT2D eigenvalue weighted by atomic mass is 9.88. The zero-order chi connectivity index (χ0) is 31.3. The summed E-state index contributed by atoms with van der Waals surface area (Å²) in [6.45, 7) is 17.9. The predicted molar refractivity (Wildman–Crippen MR) is 184 cm³/mol. The number of aromatic nitrogens is 2. The number of hydrogen-bond acceptors (Lipinski definition) is 4. The number of unbranched alkanes of at least 4 members (excludes halogenated alkanes) is 1. The fourth-order valence-corrected chi connectivity index (χ4v) is 5.62. The maximum absolute atomic E-state index is 10.2. The van der Waals surface area contributed by atoms with Gasteiger partial charge in [-0.2, -0.15) is 3.89 Å². The van der Waals surface area contributed by atoms with E-state index in [1.165, 1.54) is 47.0 Å². The van der Waals surface area contributed by atoms with Crippen molar-refractivity contribution in [3.8, 4) is 17.1 Å². The first-order valence-electron chi connectivity index (χ1n) is 15.4. The highest BCUT2D eigenvalue weighted by Gasteiger charge is 2.27. The number of imidazole rings is 1. The van der Waals surface area contributed by atoms with Crippen molar-refractivity contribution in [2.75, 3.05) is 6.26 Å². The Morgan fingerprint density at radius 2 is 1.40 bits per heavy atom. The van der Waals surface area contributed by atoms with Crippen molar-refractivity contribution < 1.29 is 12.7 Å². The summed E-state index contributed by atoms with van der Waals surface area (Å²) in [7, 11) is 0. The Hall–Kier alpha value is -3.51. The van der Waals surface area contributed by atoms with E-state index < -0.39 is 0 Å². The highest BCUT2D eigenvalue weighted by molar-refractivity contribution is 7.93. The number of furan rings is 2.